The number of hydrogen-bond donors (Lipinski definition) is 1. The molecule has 1 aliphatic rings. The molecule has 1 aromatic rings. The Kier molecular flexibility index (Phi) is 4.73. The van der Waals surface area contributed by atoms with Crippen molar-refractivity contribution in [1.82, 2.24) is 10.2 Å². The Morgan fingerprint density at radius 2 is 2.06 bits per heavy atom. The third-order valence-electron chi connectivity index (χ3n) is 3.14. The van der Waals surface area contributed by atoms with E-state index in [-0.39, 0.29) is 5.78 Å². The standard InChI is InChI=1S/C14H20N2O2/c1-12(17)13-4-2-3-5-14(13)18-11-10-16-8-6-15-7-9-16/h2-5,15H,6-11H2,1H3. The van der Waals surface area contributed by atoms with Gasteiger partial charge in [0, 0.05) is 32.7 Å². The van der Waals surface area contributed by atoms with Crippen LogP contribution in [0.3, 0.4) is 0 Å². The number of ether oxygens (including phenoxy) is 1. The number of hydrogen-bond acceptors (Lipinski definition) is 4. The maximum absolute atomic E-state index is 11.4. The number of nitrogens with one attached hydrogen (secondary N) is 1. The fourth-order valence-electron chi connectivity index (χ4n) is 2.10. The second-order valence-electron chi connectivity index (χ2n) is 4.49. The van der Waals surface area contributed by atoms with E-state index in [0.29, 0.717) is 17.9 Å². The molecule has 98 valence electrons. The second kappa shape index (κ2) is 6.52. The Hall–Kier alpha value is -1.39. The van der Waals surface area contributed by atoms with Crippen LogP contribution in [0.5, 0.6) is 5.75 Å². The summed E-state index contributed by atoms with van der Waals surface area (Å²) in [5.74, 6) is 0.743. The van der Waals surface area contributed by atoms with Crippen molar-refractivity contribution < 1.29 is 9.53 Å². The molecule has 0 bridgehead atoms. The minimum absolute atomic E-state index is 0.0489. The highest BCUT2D eigenvalue weighted by atomic mass is 16.5. The fourth-order valence-corrected chi connectivity index (χ4v) is 2.10. The van der Waals surface area contributed by atoms with Crippen molar-refractivity contribution in [3.63, 3.8) is 0 Å². The molecule has 1 fully saturated rings. The van der Waals surface area contributed by atoms with Gasteiger partial charge in [-0.1, -0.05) is 12.1 Å². The van der Waals surface area contributed by atoms with Crippen molar-refractivity contribution in [3.05, 3.63) is 29.8 Å². The molecule has 1 aromatic carbocycles. The lowest BCUT2D eigenvalue weighted by molar-refractivity contribution is 0.101. The summed E-state index contributed by atoms with van der Waals surface area (Å²) in [6.45, 7) is 7.33. The molecule has 4 nitrogen and oxygen atoms in total. The van der Waals surface area contributed by atoms with E-state index >= 15 is 0 Å². The Morgan fingerprint density at radius 3 is 2.78 bits per heavy atom. The summed E-state index contributed by atoms with van der Waals surface area (Å²) in [7, 11) is 0. The van der Waals surface area contributed by atoms with E-state index in [1.54, 1.807) is 6.92 Å². The van der Waals surface area contributed by atoms with E-state index in [1.165, 1.54) is 0 Å². The molecule has 1 N–H and O–H groups in total. The number of piperazine rings is 1. The van der Waals surface area contributed by atoms with Gasteiger partial charge in [-0.2, -0.15) is 0 Å². The molecular weight excluding hydrogens is 228 g/mol. The van der Waals surface area contributed by atoms with E-state index in [1.807, 2.05) is 24.3 Å². The molecule has 0 saturated carbocycles. The van der Waals surface area contributed by atoms with Gasteiger partial charge in [0.2, 0.25) is 0 Å². The molecule has 0 radical (unpaired) electrons. The molecule has 1 saturated heterocycles. The summed E-state index contributed by atoms with van der Waals surface area (Å²) in [6.07, 6.45) is 0. The number of carbonyl (C=O) groups is 1. The maximum atomic E-state index is 11.4. The second-order valence-corrected chi connectivity index (χ2v) is 4.49. The zero-order valence-corrected chi connectivity index (χ0v) is 10.8. The predicted molar refractivity (Wildman–Crippen MR) is 71.3 cm³/mol. The summed E-state index contributed by atoms with van der Waals surface area (Å²) in [5, 5.41) is 3.32. The van der Waals surface area contributed by atoms with Gasteiger partial charge in [-0.05, 0) is 19.1 Å². The summed E-state index contributed by atoms with van der Waals surface area (Å²) < 4.78 is 5.72. The van der Waals surface area contributed by atoms with Gasteiger partial charge in [-0.25, -0.2) is 0 Å². The Labute approximate surface area is 108 Å². The molecule has 4 heteroatoms. The van der Waals surface area contributed by atoms with Crippen molar-refractivity contribution in [2.45, 2.75) is 6.92 Å². The zero-order valence-electron chi connectivity index (χ0n) is 10.8. The lowest BCUT2D eigenvalue weighted by Gasteiger charge is -2.27. The van der Waals surface area contributed by atoms with Crippen molar-refractivity contribution in [2.75, 3.05) is 39.3 Å². The minimum Gasteiger partial charge on any atom is -0.491 e. The average molecular weight is 248 g/mol. The minimum atomic E-state index is 0.0489. The Balaban J connectivity index is 1.84. The molecular formula is C14H20N2O2. The smallest absolute Gasteiger partial charge is 0.163 e. The third-order valence-corrected chi connectivity index (χ3v) is 3.14. The van der Waals surface area contributed by atoms with Crippen molar-refractivity contribution >= 4 is 5.78 Å². The number of Topliss-reactive ketones (excluding diaryl/α,β-unsaturated/α-hetero) is 1. The highest BCUT2D eigenvalue weighted by molar-refractivity contribution is 5.96. The van der Waals surface area contributed by atoms with Gasteiger partial charge < -0.3 is 10.1 Å². The summed E-state index contributed by atoms with van der Waals surface area (Å²) in [5.41, 5.74) is 0.665. The maximum Gasteiger partial charge on any atom is 0.163 e. The van der Waals surface area contributed by atoms with Crippen molar-refractivity contribution in [3.8, 4) is 5.75 Å². The molecule has 0 amide bonds. The lowest BCUT2D eigenvalue weighted by Crippen LogP contribution is -2.44. The van der Waals surface area contributed by atoms with Crippen LogP contribution in [0.4, 0.5) is 0 Å². The average Bonchev–Trinajstić information content (AvgIpc) is 2.40. The monoisotopic (exact) mass is 248 g/mol. The molecule has 0 atom stereocenters. The summed E-state index contributed by atoms with van der Waals surface area (Å²) in [6, 6.07) is 7.42. The largest absolute Gasteiger partial charge is 0.491 e. The molecule has 0 spiro atoms. The van der Waals surface area contributed by atoms with Crippen molar-refractivity contribution in [2.24, 2.45) is 0 Å². The number of rotatable bonds is 5. The Bertz CT molecular complexity index is 401. The quantitative estimate of drug-likeness (QED) is 0.794. The summed E-state index contributed by atoms with van der Waals surface area (Å²) >= 11 is 0. The molecule has 18 heavy (non-hydrogen) atoms. The number of carbonyl (C=O) groups excluding carboxylic acids is 1. The first-order valence-corrected chi connectivity index (χ1v) is 6.43. The number of benzene rings is 1. The van der Waals surface area contributed by atoms with Crippen LogP contribution in [0.25, 0.3) is 0 Å². The van der Waals surface area contributed by atoms with Gasteiger partial charge >= 0.3 is 0 Å². The van der Waals surface area contributed by atoms with E-state index in [2.05, 4.69) is 10.2 Å². The van der Waals surface area contributed by atoms with Gasteiger partial charge in [-0.15, -0.1) is 0 Å². The number of nitrogens with zero attached hydrogens (tertiary/aromatic N) is 1. The van der Waals surface area contributed by atoms with Crippen molar-refractivity contribution in [1.29, 1.82) is 0 Å². The SMILES string of the molecule is CC(=O)c1ccccc1OCCN1CCNCC1. The molecule has 0 unspecified atom stereocenters. The normalized spacial score (nSPS) is 16.5. The molecule has 1 heterocycles. The topological polar surface area (TPSA) is 41.6 Å². The van der Waals surface area contributed by atoms with Gasteiger partial charge in [0.05, 0.1) is 5.56 Å². The lowest BCUT2D eigenvalue weighted by atomic mass is 10.1. The highest BCUT2D eigenvalue weighted by Crippen LogP contribution is 2.18. The van der Waals surface area contributed by atoms with Crippen LogP contribution in [0.2, 0.25) is 0 Å². The number of ketones is 1. The van der Waals surface area contributed by atoms with Crippen LogP contribution >= 0.6 is 0 Å². The molecule has 0 aliphatic carbocycles. The predicted octanol–water partition coefficient (Wildman–Crippen LogP) is 1.17. The molecule has 0 aromatic heterocycles. The third kappa shape index (κ3) is 3.55. The van der Waals surface area contributed by atoms with Crippen LogP contribution < -0.4 is 10.1 Å². The van der Waals surface area contributed by atoms with Gasteiger partial charge in [0.25, 0.3) is 0 Å². The van der Waals surface area contributed by atoms with E-state index in [4.69, 9.17) is 4.74 Å². The van der Waals surface area contributed by atoms with E-state index < -0.39 is 0 Å². The van der Waals surface area contributed by atoms with E-state index in [0.717, 1.165) is 32.7 Å². The Morgan fingerprint density at radius 1 is 1.33 bits per heavy atom. The first-order chi connectivity index (χ1) is 8.77. The molecule has 1 aliphatic heterocycles. The van der Waals surface area contributed by atoms with Crippen LogP contribution in [0.1, 0.15) is 17.3 Å². The van der Waals surface area contributed by atoms with Crippen LogP contribution in [0, 0.1) is 0 Å². The van der Waals surface area contributed by atoms with Crippen LogP contribution in [-0.4, -0.2) is 50.0 Å². The summed E-state index contributed by atoms with van der Waals surface area (Å²) in [4.78, 5) is 13.8. The first kappa shape index (κ1) is 13.1. The van der Waals surface area contributed by atoms with Gasteiger partial charge in [0.1, 0.15) is 12.4 Å². The van der Waals surface area contributed by atoms with Crippen LogP contribution in [-0.2, 0) is 0 Å². The fraction of sp³-hybridized carbons (Fsp3) is 0.500. The number of para-hydroxylation sites is 1. The zero-order chi connectivity index (χ0) is 12.8. The highest BCUT2D eigenvalue weighted by Gasteiger charge is 2.10. The van der Waals surface area contributed by atoms with Gasteiger partial charge in [0.15, 0.2) is 5.78 Å². The molecule has 2 rings (SSSR count). The van der Waals surface area contributed by atoms with E-state index in [9.17, 15) is 4.79 Å². The van der Waals surface area contributed by atoms with Crippen LogP contribution in [0.15, 0.2) is 24.3 Å². The first-order valence-electron chi connectivity index (χ1n) is 6.43. The van der Waals surface area contributed by atoms with Gasteiger partial charge in [-0.3, -0.25) is 9.69 Å².